The minimum Gasteiger partial charge on any atom is -0.493 e. The maximum atomic E-state index is 8.88. The Hall–Kier alpha value is -2.31. The van der Waals surface area contributed by atoms with Crippen LogP contribution in [-0.2, 0) is 0 Å². The lowest BCUT2D eigenvalue weighted by atomic mass is 10.0. The summed E-state index contributed by atoms with van der Waals surface area (Å²) in [6.45, 7) is 2.88. The van der Waals surface area contributed by atoms with Gasteiger partial charge in [0.1, 0.15) is 5.75 Å². The third kappa shape index (κ3) is 3.24. The SMILES string of the molecule is N#Cc1ccc(-c2ccccc2OCC2CCNC2)cc1. The van der Waals surface area contributed by atoms with E-state index in [1.165, 1.54) is 6.42 Å². The van der Waals surface area contributed by atoms with Crippen molar-refractivity contribution < 1.29 is 4.74 Å². The number of nitrogens with one attached hydrogen (secondary N) is 1. The van der Waals surface area contributed by atoms with E-state index >= 15 is 0 Å². The highest BCUT2D eigenvalue weighted by atomic mass is 16.5. The lowest BCUT2D eigenvalue weighted by molar-refractivity contribution is 0.261. The molecule has 2 aromatic carbocycles. The molecule has 0 bridgehead atoms. The number of ether oxygens (including phenoxy) is 1. The number of hydrogen-bond acceptors (Lipinski definition) is 3. The number of hydrogen-bond donors (Lipinski definition) is 1. The van der Waals surface area contributed by atoms with E-state index in [-0.39, 0.29) is 0 Å². The van der Waals surface area contributed by atoms with Gasteiger partial charge in [0.05, 0.1) is 18.2 Å². The van der Waals surface area contributed by atoms with E-state index < -0.39 is 0 Å². The van der Waals surface area contributed by atoms with E-state index in [0.717, 1.165) is 36.6 Å². The van der Waals surface area contributed by atoms with E-state index in [0.29, 0.717) is 11.5 Å². The van der Waals surface area contributed by atoms with E-state index in [9.17, 15) is 0 Å². The number of para-hydroxylation sites is 1. The first kappa shape index (κ1) is 13.7. The van der Waals surface area contributed by atoms with Crippen molar-refractivity contribution >= 4 is 0 Å². The summed E-state index contributed by atoms with van der Waals surface area (Å²) in [5, 5.41) is 12.2. The summed E-state index contributed by atoms with van der Waals surface area (Å²) in [5.41, 5.74) is 2.83. The summed E-state index contributed by atoms with van der Waals surface area (Å²) in [5.74, 6) is 1.51. The Bertz CT molecular complexity index is 637. The summed E-state index contributed by atoms with van der Waals surface area (Å²) in [6.07, 6.45) is 1.18. The Balaban J connectivity index is 1.79. The third-order valence-electron chi connectivity index (χ3n) is 3.85. The van der Waals surface area contributed by atoms with Gasteiger partial charge in [0.25, 0.3) is 0 Å². The zero-order valence-electron chi connectivity index (χ0n) is 11.9. The summed E-state index contributed by atoms with van der Waals surface area (Å²) < 4.78 is 6.03. The molecule has 106 valence electrons. The Labute approximate surface area is 125 Å². The molecule has 0 aromatic heterocycles. The van der Waals surface area contributed by atoms with Crippen molar-refractivity contribution in [2.24, 2.45) is 5.92 Å². The number of rotatable bonds is 4. The van der Waals surface area contributed by atoms with Gasteiger partial charge in [-0.2, -0.15) is 5.26 Å². The molecule has 1 heterocycles. The fourth-order valence-electron chi connectivity index (χ4n) is 2.62. The molecule has 1 aliphatic heterocycles. The molecule has 1 aliphatic rings. The van der Waals surface area contributed by atoms with E-state index in [4.69, 9.17) is 10.00 Å². The largest absolute Gasteiger partial charge is 0.493 e. The molecule has 1 N–H and O–H groups in total. The molecule has 1 saturated heterocycles. The van der Waals surface area contributed by atoms with Crippen LogP contribution in [0.5, 0.6) is 5.75 Å². The minimum atomic E-state index is 0.596. The van der Waals surface area contributed by atoms with Crippen LogP contribution < -0.4 is 10.1 Å². The van der Waals surface area contributed by atoms with Crippen LogP contribution >= 0.6 is 0 Å². The molecule has 3 nitrogen and oxygen atoms in total. The maximum Gasteiger partial charge on any atom is 0.127 e. The Morgan fingerprint density at radius 1 is 1.14 bits per heavy atom. The summed E-state index contributed by atoms with van der Waals surface area (Å²) in [6, 6.07) is 17.8. The van der Waals surface area contributed by atoms with Gasteiger partial charge >= 0.3 is 0 Å². The Kier molecular flexibility index (Phi) is 4.18. The molecule has 0 saturated carbocycles. The first-order valence-electron chi connectivity index (χ1n) is 7.30. The van der Waals surface area contributed by atoms with Crippen LogP contribution in [-0.4, -0.2) is 19.7 Å². The molecule has 21 heavy (non-hydrogen) atoms. The second-order valence-corrected chi connectivity index (χ2v) is 5.36. The molecule has 3 rings (SSSR count). The van der Waals surface area contributed by atoms with E-state index in [1.54, 1.807) is 0 Å². The molecule has 0 amide bonds. The molecule has 0 aliphatic carbocycles. The number of nitriles is 1. The number of nitrogens with zero attached hydrogens (tertiary/aromatic N) is 1. The van der Waals surface area contributed by atoms with E-state index in [1.807, 2.05) is 42.5 Å². The first-order valence-corrected chi connectivity index (χ1v) is 7.30. The predicted octanol–water partition coefficient (Wildman–Crippen LogP) is 3.21. The quantitative estimate of drug-likeness (QED) is 0.934. The van der Waals surface area contributed by atoms with Gasteiger partial charge in [-0.15, -0.1) is 0 Å². The standard InChI is InChI=1S/C18H18N2O/c19-11-14-5-7-16(8-6-14)17-3-1-2-4-18(17)21-13-15-9-10-20-12-15/h1-8,15,20H,9-10,12-13H2. The summed E-state index contributed by atoms with van der Waals surface area (Å²) >= 11 is 0. The van der Waals surface area contributed by atoms with Gasteiger partial charge in [0.2, 0.25) is 0 Å². The summed E-state index contributed by atoms with van der Waals surface area (Å²) in [7, 11) is 0. The van der Waals surface area contributed by atoms with Crippen LogP contribution in [0.15, 0.2) is 48.5 Å². The third-order valence-corrected chi connectivity index (χ3v) is 3.85. The molecular formula is C18H18N2O. The lowest BCUT2D eigenvalue weighted by Gasteiger charge is -2.14. The highest BCUT2D eigenvalue weighted by Gasteiger charge is 2.15. The van der Waals surface area contributed by atoms with Crippen molar-refractivity contribution in [1.82, 2.24) is 5.32 Å². The number of benzene rings is 2. The lowest BCUT2D eigenvalue weighted by Crippen LogP contribution is -2.15. The minimum absolute atomic E-state index is 0.596. The van der Waals surface area contributed by atoms with Gasteiger partial charge in [0, 0.05) is 18.0 Å². The van der Waals surface area contributed by atoms with Gasteiger partial charge in [-0.05, 0) is 36.7 Å². The van der Waals surface area contributed by atoms with Crippen molar-refractivity contribution in [3.63, 3.8) is 0 Å². The van der Waals surface area contributed by atoms with Gasteiger partial charge in [-0.3, -0.25) is 0 Å². The molecule has 3 heteroatoms. The fourth-order valence-corrected chi connectivity index (χ4v) is 2.62. The molecule has 2 aromatic rings. The molecule has 0 spiro atoms. The summed E-state index contributed by atoms with van der Waals surface area (Å²) in [4.78, 5) is 0. The highest BCUT2D eigenvalue weighted by Crippen LogP contribution is 2.30. The zero-order valence-corrected chi connectivity index (χ0v) is 11.9. The van der Waals surface area contributed by atoms with Gasteiger partial charge in [0.15, 0.2) is 0 Å². The molecular weight excluding hydrogens is 260 g/mol. The van der Waals surface area contributed by atoms with Crippen LogP contribution in [0.1, 0.15) is 12.0 Å². The van der Waals surface area contributed by atoms with Gasteiger partial charge in [-0.1, -0.05) is 30.3 Å². The first-order chi connectivity index (χ1) is 10.4. The second-order valence-electron chi connectivity index (χ2n) is 5.36. The predicted molar refractivity (Wildman–Crippen MR) is 83.1 cm³/mol. The average Bonchev–Trinajstić information content (AvgIpc) is 3.07. The Morgan fingerprint density at radius 3 is 2.67 bits per heavy atom. The molecule has 1 fully saturated rings. The van der Waals surface area contributed by atoms with Crippen molar-refractivity contribution in [1.29, 1.82) is 5.26 Å². The Morgan fingerprint density at radius 2 is 1.95 bits per heavy atom. The van der Waals surface area contributed by atoms with Crippen molar-refractivity contribution in [2.75, 3.05) is 19.7 Å². The average molecular weight is 278 g/mol. The van der Waals surface area contributed by atoms with Crippen LogP contribution in [0.4, 0.5) is 0 Å². The second kappa shape index (κ2) is 6.43. The van der Waals surface area contributed by atoms with Crippen molar-refractivity contribution in [3.05, 3.63) is 54.1 Å². The molecule has 1 unspecified atom stereocenters. The van der Waals surface area contributed by atoms with Gasteiger partial charge in [-0.25, -0.2) is 0 Å². The zero-order chi connectivity index (χ0) is 14.5. The highest BCUT2D eigenvalue weighted by molar-refractivity contribution is 5.70. The fraction of sp³-hybridized carbons (Fsp3) is 0.278. The van der Waals surface area contributed by atoms with E-state index in [2.05, 4.69) is 17.5 Å². The topological polar surface area (TPSA) is 45.0 Å². The normalized spacial score (nSPS) is 17.4. The smallest absolute Gasteiger partial charge is 0.127 e. The van der Waals surface area contributed by atoms with Gasteiger partial charge < -0.3 is 10.1 Å². The van der Waals surface area contributed by atoms with Crippen molar-refractivity contribution in [2.45, 2.75) is 6.42 Å². The monoisotopic (exact) mass is 278 g/mol. The van der Waals surface area contributed by atoms with Crippen LogP contribution in [0, 0.1) is 17.2 Å². The van der Waals surface area contributed by atoms with Crippen LogP contribution in [0.25, 0.3) is 11.1 Å². The maximum absolute atomic E-state index is 8.88. The van der Waals surface area contributed by atoms with Crippen LogP contribution in [0.2, 0.25) is 0 Å². The molecule has 0 radical (unpaired) electrons. The van der Waals surface area contributed by atoms with Crippen molar-refractivity contribution in [3.8, 4) is 22.9 Å². The molecule has 1 atom stereocenters. The van der Waals surface area contributed by atoms with Crippen LogP contribution in [0.3, 0.4) is 0 Å².